The quantitative estimate of drug-likeness (QED) is 0.747. The second-order valence-electron chi connectivity index (χ2n) is 5.37. The van der Waals surface area contributed by atoms with Gasteiger partial charge in [-0.1, -0.05) is 6.92 Å². The van der Waals surface area contributed by atoms with Crippen molar-refractivity contribution in [2.75, 3.05) is 45.9 Å². The van der Waals surface area contributed by atoms with Crippen LogP contribution < -0.4 is 0 Å². The van der Waals surface area contributed by atoms with Gasteiger partial charge in [-0.15, -0.1) is 0 Å². The molecule has 16 heavy (non-hydrogen) atoms. The van der Waals surface area contributed by atoms with E-state index in [1.807, 2.05) is 6.92 Å². The number of nitrogens with zero attached hydrogens (tertiary/aromatic N) is 2. The van der Waals surface area contributed by atoms with Crippen LogP contribution in [0.4, 0.5) is 0 Å². The number of ether oxygens (including phenoxy) is 1. The molecule has 2 aliphatic rings. The smallest absolute Gasteiger partial charge is 0.0829 e. The SMILES string of the molecule is CCN1CCOC(CN2CCC(C)(O)C2)C1. The number of rotatable bonds is 3. The summed E-state index contributed by atoms with van der Waals surface area (Å²) in [6, 6.07) is 0. The lowest BCUT2D eigenvalue weighted by atomic mass is 10.1. The highest BCUT2D eigenvalue weighted by molar-refractivity contribution is 4.87. The second-order valence-corrected chi connectivity index (χ2v) is 5.37. The Hall–Kier alpha value is -0.160. The summed E-state index contributed by atoms with van der Waals surface area (Å²) in [5.41, 5.74) is -0.487. The minimum Gasteiger partial charge on any atom is -0.389 e. The van der Waals surface area contributed by atoms with Crippen molar-refractivity contribution in [1.82, 2.24) is 9.80 Å². The Morgan fingerprint density at radius 3 is 2.81 bits per heavy atom. The third-order valence-electron chi connectivity index (χ3n) is 3.66. The first-order valence-electron chi connectivity index (χ1n) is 6.38. The van der Waals surface area contributed by atoms with Crippen LogP contribution in [0.5, 0.6) is 0 Å². The first-order chi connectivity index (χ1) is 7.59. The van der Waals surface area contributed by atoms with Crippen LogP contribution in [0.3, 0.4) is 0 Å². The normalized spacial score (nSPS) is 38.1. The molecule has 0 aromatic heterocycles. The van der Waals surface area contributed by atoms with Gasteiger partial charge in [0.1, 0.15) is 0 Å². The molecule has 2 aliphatic heterocycles. The zero-order valence-corrected chi connectivity index (χ0v) is 10.5. The zero-order chi connectivity index (χ0) is 11.6. The molecule has 0 radical (unpaired) electrons. The van der Waals surface area contributed by atoms with E-state index in [0.29, 0.717) is 6.10 Å². The summed E-state index contributed by atoms with van der Waals surface area (Å²) in [6.07, 6.45) is 1.21. The van der Waals surface area contributed by atoms with Crippen LogP contribution in [0.2, 0.25) is 0 Å². The lowest BCUT2D eigenvalue weighted by Gasteiger charge is -2.34. The highest BCUT2D eigenvalue weighted by atomic mass is 16.5. The van der Waals surface area contributed by atoms with Gasteiger partial charge in [0.05, 0.1) is 18.3 Å². The number of hydrogen-bond donors (Lipinski definition) is 1. The number of aliphatic hydroxyl groups is 1. The Labute approximate surface area is 98.2 Å². The van der Waals surface area contributed by atoms with Gasteiger partial charge in [0.15, 0.2) is 0 Å². The van der Waals surface area contributed by atoms with Gasteiger partial charge in [-0.25, -0.2) is 0 Å². The molecule has 4 nitrogen and oxygen atoms in total. The summed E-state index contributed by atoms with van der Waals surface area (Å²) in [7, 11) is 0. The zero-order valence-electron chi connectivity index (χ0n) is 10.5. The van der Waals surface area contributed by atoms with E-state index < -0.39 is 5.60 Å². The van der Waals surface area contributed by atoms with Crippen molar-refractivity contribution in [3.05, 3.63) is 0 Å². The Bertz CT molecular complexity index is 233. The summed E-state index contributed by atoms with van der Waals surface area (Å²) in [6.45, 7) is 10.9. The number of likely N-dealkylation sites (tertiary alicyclic amines) is 1. The van der Waals surface area contributed by atoms with E-state index in [1.54, 1.807) is 0 Å². The van der Waals surface area contributed by atoms with E-state index in [-0.39, 0.29) is 0 Å². The number of hydrogen-bond acceptors (Lipinski definition) is 4. The maximum Gasteiger partial charge on any atom is 0.0829 e. The largest absolute Gasteiger partial charge is 0.389 e. The molecule has 4 heteroatoms. The highest BCUT2D eigenvalue weighted by Gasteiger charge is 2.33. The molecule has 0 saturated carbocycles. The third-order valence-corrected chi connectivity index (χ3v) is 3.66. The summed E-state index contributed by atoms with van der Waals surface area (Å²) >= 11 is 0. The van der Waals surface area contributed by atoms with Gasteiger partial charge in [-0.05, 0) is 19.9 Å². The molecule has 94 valence electrons. The van der Waals surface area contributed by atoms with E-state index in [1.165, 1.54) is 0 Å². The van der Waals surface area contributed by atoms with Crippen molar-refractivity contribution in [3.63, 3.8) is 0 Å². The fraction of sp³-hybridized carbons (Fsp3) is 1.00. The Morgan fingerprint density at radius 1 is 1.38 bits per heavy atom. The van der Waals surface area contributed by atoms with Crippen molar-refractivity contribution >= 4 is 0 Å². The van der Waals surface area contributed by atoms with Gasteiger partial charge in [-0.3, -0.25) is 9.80 Å². The summed E-state index contributed by atoms with van der Waals surface area (Å²) in [5, 5.41) is 9.90. The van der Waals surface area contributed by atoms with Crippen LogP contribution in [0.15, 0.2) is 0 Å². The van der Waals surface area contributed by atoms with E-state index in [0.717, 1.165) is 52.3 Å². The average Bonchev–Trinajstić information content (AvgIpc) is 2.58. The number of β-amino-alcohol motifs (C(OH)–C–C–N with tert-alkyl or cyclic N) is 1. The van der Waals surface area contributed by atoms with Crippen molar-refractivity contribution in [2.45, 2.75) is 32.0 Å². The average molecular weight is 228 g/mol. The van der Waals surface area contributed by atoms with Crippen molar-refractivity contribution < 1.29 is 9.84 Å². The molecule has 0 aromatic rings. The van der Waals surface area contributed by atoms with Crippen LogP contribution in [-0.4, -0.2) is 72.5 Å². The monoisotopic (exact) mass is 228 g/mol. The van der Waals surface area contributed by atoms with Crippen LogP contribution in [0.25, 0.3) is 0 Å². The standard InChI is InChI=1S/C12H24N2O2/c1-3-13-6-7-16-11(8-13)9-14-5-4-12(2,15)10-14/h11,15H,3-10H2,1-2H3. The number of likely N-dealkylation sites (N-methyl/N-ethyl adjacent to an activating group) is 1. The summed E-state index contributed by atoms with van der Waals surface area (Å²) < 4.78 is 5.78. The molecule has 2 unspecified atom stereocenters. The molecule has 1 N–H and O–H groups in total. The predicted octanol–water partition coefficient (Wildman–Crippen LogP) is 0.164. The van der Waals surface area contributed by atoms with Gasteiger partial charge < -0.3 is 9.84 Å². The molecular formula is C12H24N2O2. The van der Waals surface area contributed by atoms with E-state index in [9.17, 15) is 5.11 Å². The summed E-state index contributed by atoms with van der Waals surface area (Å²) in [4.78, 5) is 4.76. The molecule has 2 saturated heterocycles. The summed E-state index contributed by atoms with van der Waals surface area (Å²) in [5.74, 6) is 0. The molecule has 2 atom stereocenters. The van der Waals surface area contributed by atoms with Crippen molar-refractivity contribution in [1.29, 1.82) is 0 Å². The maximum absolute atomic E-state index is 9.90. The first kappa shape index (κ1) is 12.3. The molecule has 0 aliphatic carbocycles. The van der Waals surface area contributed by atoms with Gasteiger partial charge in [-0.2, -0.15) is 0 Å². The minimum absolute atomic E-state index is 0.322. The fourth-order valence-corrected chi connectivity index (χ4v) is 2.66. The highest BCUT2D eigenvalue weighted by Crippen LogP contribution is 2.21. The molecule has 2 fully saturated rings. The molecule has 0 bridgehead atoms. The Balaban J connectivity index is 1.77. The van der Waals surface area contributed by atoms with E-state index in [4.69, 9.17) is 4.74 Å². The van der Waals surface area contributed by atoms with Gasteiger partial charge >= 0.3 is 0 Å². The molecule has 2 heterocycles. The molecule has 0 aromatic carbocycles. The van der Waals surface area contributed by atoms with Crippen molar-refractivity contribution in [3.8, 4) is 0 Å². The number of morpholine rings is 1. The van der Waals surface area contributed by atoms with E-state index >= 15 is 0 Å². The second kappa shape index (κ2) is 5.00. The maximum atomic E-state index is 9.90. The van der Waals surface area contributed by atoms with Gasteiger partial charge in [0.25, 0.3) is 0 Å². The van der Waals surface area contributed by atoms with Crippen LogP contribution in [-0.2, 0) is 4.74 Å². The topological polar surface area (TPSA) is 35.9 Å². The Kier molecular flexibility index (Phi) is 3.85. The first-order valence-corrected chi connectivity index (χ1v) is 6.38. The predicted molar refractivity (Wildman–Crippen MR) is 63.5 cm³/mol. The molecule has 2 rings (SSSR count). The third kappa shape index (κ3) is 3.17. The van der Waals surface area contributed by atoms with E-state index in [2.05, 4.69) is 16.7 Å². The van der Waals surface area contributed by atoms with Crippen LogP contribution in [0, 0.1) is 0 Å². The van der Waals surface area contributed by atoms with Gasteiger partial charge in [0.2, 0.25) is 0 Å². The van der Waals surface area contributed by atoms with Crippen LogP contribution in [0.1, 0.15) is 20.3 Å². The lowest BCUT2D eigenvalue weighted by Crippen LogP contribution is -2.47. The van der Waals surface area contributed by atoms with Crippen molar-refractivity contribution in [2.24, 2.45) is 0 Å². The van der Waals surface area contributed by atoms with Crippen LogP contribution >= 0.6 is 0 Å². The lowest BCUT2D eigenvalue weighted by molar-refractivity contribution is -0.0420. The van der Waals surface area contributed by atoms with Gasteiger partial charge in [0, 0.05) is 32.7 Å². The molecular weight excluding hydrogens is 204 g/mol. The Morgan fingerprint density at radius 2 is 2.19 bits per heavy atom. The minimum atomic E-state index is -0.487. The molecule has 0 spiro atoms. The molecule has 0 amide bonds. The fourth-order valence-electron chi connectivity index (χ4n) is 2.66.